The predicted octanol–water partition coefficient (Wildman–Crippen LogP) is 4.40. The number of benzene rings is 2. The number of carbonyl (C=O) groups is 1. The number of carbonyl (C=O) groups excluding carboxylic acids is 1. The highest BCUT2D eigenvalue weighted by molar-refractivity contribution is 7.18. The molecule has 3 N–H and O–H groups in total. The van der Waals surface area contributed by atoms with Crippen LogP contribution in [0.15, 0.2) is 48.5 Å². The first kappa shape index (κ1) is 16.1. The number of halogens is 1. The molecule has 1 aromatic heterocycles. The van der Waals surface area contributed by atoms with Crippen LogP contribution in [0.2, 0.25) is 0 Å². The molecular formula is C18H16FN3OS. The van der Waals surface area contributed by atoms with Crippen LogP contribution in [0.3, 0.4) is 0 Å². The number of nitrogens with one attached hydrogen (secondary N) is 1. The summed E-state index contributed by atoms with van der Waals surface area (Å²) in [6, 6.07) is 13.7. The first-order valence-corrected chi connectivity index (χ1v) is 8.31. The summed E-state index contributed by atoms with van der Waals surface area (Å²) >= 11 is 1.12. The Balaban J connectivity index is 1.87. The molecule has 4 nitrogen and oxygen atoms in total. The number of thiazole rings is 1. The number of anilines is 3. The summed E-state index contributed by atoms with van der Waals surface area (Å²) in [5, 5.41) is 3.64. The molecule has 122 valence electrons. The first-order valence-electron chi connectivity index (χ1n) is 7.50. The van der Waals surface area contributed by atoms with Crippen molar-refractivity contribution in [1.82, 2.24) is 4.98 Å². The molecule has 0 aliphatic heterocycles. The molecule has 0 bridgehead atoms. The number of ketones is 1. The third-order valence-corrected chi connectivity index (χ3v) is 4.55. The van der Waals surface area contributed by atoms with Crippen molar-refractivity contribution in [2.24, 2.45) is 0 Å². The molecule has 0 fully saturated rings. The van der Waals surface area contributed by atoms with Crippen LogP contribution < -0.4 is 11.1 Å². The Bertz CT molecular complexity index is 891. The molecular weight excluding hydrogens is 325 g/mol. The number of aryl methyl sites for hydroxylation is 1. The highest BCUT2D eigenvalue weighted by atomic mass is 32.1. The SMILES string of the molecule is CCc1cccc(Nc2nc(N)c(C(=O)c3ccccc3F)s2)c1. The minimum absolute atomic E-state index is 0.00706. The van der Waals surface area contributed by atoms with E-state index >= 15 is 0 Å². The maximum absolute atomic E-state index is 13.8. The molecule has 0 radical (unpaired) electrons. The zero-order valence-electron chi connectivity index (χ0n) is 13.0. The average molecular weight is 341 g/mol. The second kappa shape index (κ2) is 6.80. The maximum Gasteiger partial charge on any atom is 0.209 e. The third-order valence-electron chi connectivity index (χ3n) is 3.56. The monoisotopic (exact) mass is 341 g/mol. The highest BCUT2D eigenvalue weighted by Gasteiger charge is 2.20. The van der Waals surface area contributed by atoms with Crippen molar-refractivity contribution in [2.75, 3.05) is 11.1 Å². The first-order chi connectivity index (χ1) is 11.6. The quantitative estimate of drug-likeness (QED) is 0.675. The third kappa shape index (κ3) is 3.28. The second-order valence-corrected chi connectivity index (χ2v) is 6.22. The molecule has 0 saturated carbocycles. The number of nitrogen functional groups attached to an aromatic ring is 1. The van der Waals surface area contributed by atoms with Crippen molar-refractivity contribution in [3.05, 3.63) is 70.4 Å². The molecule has 0 spiro atoms. The molecule has 3 rings (SSSR count). The average Bonchev–Trinajstić information content (AvgIpc) is 2.95. The Morgan fingerprint density at radius 1 is 1.25 bits per heavy atom. The van der Waals surface area contributed by atoms with Gasteiger partial charge >= 0.3 is 0 Å². The van der Waals surface area contributed by atoms with E-state index in [1.54, 1.807) is 6.07 Å². The Hall–Kier alpha value is -2.73. The zero-order valence-corrected chi connectivity index (χ0v) is 13.9. The molecule has 2 aromatic carbocycles. The number of rotatable bonds is 5. The summed E-state index contributed by atoms with van der Waals surface area (Å²) in [6.07, 6.45) is 0.923. The molecule has 0 unspecified atom stereocenters. The lowest BCUT2D eigenvalue weighted by atomic mass is 10.1. The van der Waals surface area contributed by atoms with Gasteiger partial charge in [0.2, 0.25) is 5.78 Å². The standard InChI is InChI=1S/C18H16FN3OS/c1-2-11-6-5-7-12(10-11)21-18-22-17(20)16(24-18)15(23)13-8-3-4-9-14(13)19/h3-10H,2,20H2,1H3,(H,21,22). The summed E-state index contributed by atoms with van der Waals surface area (Å²) in [5.41, 5.74) is 7.90. The van der Waals surface area contributed by atoms with E-state index in [0.717, 1.165) is 23.4 Å². The van der Waals surface area contributed by atoms with Crippen LogP contribution in [0.5, 0.6) is 0 Å². The van der Waals surface area contributed by atoms with E-state index in [1.807, 2.05) is 24.3 Å². The van der Waals surface area contributed by atoms with E-state index in [1.165, 1.54) is 23.8 Å². The lowest BCUT2D eigenvalue weighted by Gasteiger charge is -2.04. The molecule has 0 saturated heterocycles. The second-order valence-electron chi connectivity index (χ2n) is 5.22. The van der Waals surface area contributed by atoms with Gasteiger partial charge in [0.1, 0.15) is 16.5 Å². The fourth-order valence-corrected chi connectivity index (χ4v) is 3.17. The fraction of sp³-hybridized carbons (Fsp3) is 0.111. The van der Waals surface area contributed by atoms with Gasteiger partial charge in [-0.25, -0.2) is 9.37 Å². The lowest BCUT2D eigenvalue weighted by molar-refractivity contribution is 0.103. The summed E-state index contributed by atoms with van der Waals surface area (Å²) in [6.45, 7) is 2.08. The number of nitrogens with zero attached hydrogens (tertiary/aromatic N) is 1. The summed E-state index contributed by atoms with van der Waals surface area (Å²) in [5.74, 6) is -0.929. The van der Waals surface area contributed by atoms with Gasteiger partial charge in [0.15, 0.2) is 5.13 Å². The lowest BCUT2D eigenvalue weighted by Crippen LogP contribution is -2.04. The molecule has 0 aliphatic carbocycles. The molecule has 6 heteroatoms. The summed E-state index contributed by atoms with van der Waals surface area (Å²) < 4.78 is 13.8. The van der Waals surface area contributed by atoms with Crippen molar-refractivity contribution in [1.29, 1.82) is 0 Å². The Kier molecular flexibility index (Phi) is 4.57. The number of hydrogen-bond donors (Lipinski definition) is 2. The largest absolute Gasteiger partial charge is 0.382 e. The zero-order chi connectivity index (χ0) is 17.1. The van der Waals surface area contributed by atoms with Gasteiger partial charge in [0.25, 0.3) is 0 Å². The van der Waals surface area contributed by atoms with Gasteiger partial charge in [0.05, 0.1) is 5.56 Å². The van der Waals surface area contributed by atoms with Crippen molar-refractivity contribution in [3.8, 4) is 0 Å². The Morgan fingerprint density at radius 2 is 2.04 bits per heavy atom. The topological polar surface area (TPSA) is 68.0 Å². The van der Waals surface area contributed by atoms with Crippen LogP contribution in [0.1, 0.15) is 27.7 Å². The molecule has 24 heavy (non-hydrogen) atoms. The van der Waals surface area contributed by atoms with Crippen molar-refractivity contribution in [3.63, 3.8) is 0 Å². The van der Waals surface area contributed by atoms with Gasteiger partial charge in [-0.05, 0) is 36.2 Å². The number of hydrogen-bond acceptors (Lipinski definition) is 5. The molecule has 0 atom stereocenters. The van der Waals surface area contributed by atoms with Crippen LogP contribution in [0.25, 0.3) is 0 Å². The minimum atomic E-state index is -0.569. The van der Waals surface area contributed by atoms with E-state index in [0.29, 0.717) is 5.13 Å². The van der Waals surface area contributed by atoms with Crippen LogP contribution >= 0.6 is 11.3 Å². The highest BCUT2D eigenvalue weighted by Crippen LogP contribution is 2.30. The normalized spacial score (nSPS) is 10.6. The van der Waals surface area contributed by atoms with E-state index < -0.39 is 11.6 Å². The number of aromatic nitrogens is 1. The Morgan fingerprint density at radius 3 is 2.79 bits per heavy atom. The van der Waals surface area contributed by atoms with Gasteiger partial charge in [-0.3, -0.25) is 4.79 Å². The van der Waals surface area contributed by atoms with Crippen LogP contribution in [-0.4, -0.2) is 10.8 Å². The van der Waals surface area contributed by atoms with Gasteiger partial charge in [0, 0.05) is 5.69 Å². The maximum atomic E-state index is 13.8. The molecule has 0 aliphatic rings. The van der Waals surface area contributed by atoms with E-state index in [2.05, 4.69) is 17.2 Å². The summed E-state index contributed by atoms with van der Waals surface area (Å²) in [4.78, 5) is 16.9. The molecule has 0 amide bonds. The van der Waals surface area contributed by atoms with E-state index in [9.17, 15) is 9.18 Å². The van der Waals surface area contributed by atoms with Gasteiger partial charge in [-0.2, -0.15) is 0 Å². The van der Waals surface area contributed by atoms with Gasteiger partial charge in [-0.1, -0.05) is 42.5 Å². The van der Waals surface area contributed by atoms with E-state index in [4.69, 9.17) is 5.73 Å². The van der Waals surface area contributed by atoms with Crippen LogP contribution in [-0.2, 0) is 6.42 Å². The van der Waals surface area contributed by atoms with Crippen molar-refractivity contribution < 1.29 is 9.18 Å². The van der Waals surface area contributed by atoms with Crippen molar-refractivity contribution >= 4 is 33.8 Å². The van der Waals surface area contributed by atoms with Crippen LogP contribution in [0.4, 0.5) is 21.0 Å². The number of nitrogens with two attached hydrogens (primary N) is 1. The van der Waals surface area contributed by atoms with Crippen molar-refractivity contribution in [2.45, 2.75) is 13.3 Å². The predicted molar refractivity (Wildman–Crippen MR) is 95.5 cm³/mol. The minimum Gasteiger partial charge on any atom is -0.382 e. The van der Waals surface area contributed by atoms with E-state index in [-0.39, 0.29) is 16.3 Å². The van der Waals surface area contributed by atoms with Crippen LogP contribution in [0, 0.1) is 5.82 Å². The van der Waals surface area contributed by atoms with Gasteiger partial charge in [-0.15, -0.1) is 0 Å². The smallest absolute Gasteiger partial charge is 0.209 e. The fourth-order valence-electron chi connectivity index (χ4n) is 2.31. The Labute approximate surface area is 143 Å². The van der Waals surface area contributed by atoms with Gasteiger partial charge < -0.3 is 11.1 Å². The molecule has 1 heterocycles. The molecule has 3 aromatic rings. The summed E-state index contributed by atoms with van der Waals surface area (Å²) in [7, 11) is 0.